The lowest BCUT2D eigenvalue weighted by Crippen LogP contribution is -2.29. The smallest absolute Gasteiger partial charge is 0.254 e. The molecule has 2 rings (SSSR count). The molecule has 0 saturated heterocycles. The molecule has 0 fully saturated rings. The third kappa shape index (κ3) is 4.12. The number of halogens is 1. The molecule has 1 atom stereocenters. The van der Waals surface area contributed by atoms with E-state index >= 15 is 0 Å². The quantitative estimate of drug-likeness (QED) is 0.846. The predicted molar refractivity (Wildman–Crippen MR) is 91.5 cm³/mol. The normalized spacial score (nSPS) is 12.7. The van der Waals surface area contributed by atoms with Gasteiger partial charge in [-0.15, -0.1) is 0 Å². The second-order valence-corrected chi connectivity index (χ2v) is 7.90. The standard InChI is InChI=1S/C17H18ClNO3S/c1-12(13-7-9-16(10-8-13)23(3,21)22)19(2)17(20)14-5-4-6-15(18)11-14/h4-12H,1-3H3. The molecule has 0 saturated carbocycles. The molecule has 0 radical (unpaired) electrons. The lowest BCUT2D eigenvalue weighted by molar-refractivity contribution is 0.0742. The van der Waals surface area contributed by atoms with Gasteiger partial charge in [0, 0.05) is 23.9 Å². The molecule has 6 heteroatoms. The van der Waals surface area contributed by atoms with Gasteiger partial charge in [0.1, 0.15) is 0 Å². The number of hydrogen-bond donors (Lipinski definition) is 0. The van der Waals surface area contributed by atoms with Crippen molar-refractivity contribution in [2.24, 2.45) is 0 Å². The van der Waals surface area contributed by atoms with E-state index in [2.05, 4.69) is 0 Å². The van der Waals surface area contributed by atoms with Crippen LogP contribution in [0.1, 0.15) is 28.9 Å². The first-order valence-electron chi connectivity index (χ1n) is 7.03. The predicted octanol–water partition coefficient (Wildman–Crippen LogP) is 3.58. The topological polar surface area (TPSA) is 54.5 Å². The summed E-state index contributed by atoms with van der Waals surface area (Å²) in [6.07, 6.45) is 1.17. The van der Waals surface area contributed by atoms with E-state index in [9.17, 15) is 13.2 Å². The number of benzene rings is 2. The molecule has 122 valence electrons. The molecule has 0 bridgehead atoms. The van der Waals surface area contributed by atoms with Gasteiger partial charge in [-0.3, -0.25) is 4.79 Å². The number of sulfone groups is 1. The van der Waals surface area contributed by atoms with E-state index < -0.39 is 9.84 Å². The van der Waals surface area contributed by atoms with Crippen LogP contribution in [0.25, 0.3) is 0 Å². The zero-order chi connectivity index (χ0) is 17.2. The molecule has 0 heterocycles. The molecule has 0 aliphatic rings. The van der Waals surface area contributed by atoms with E-state index in [0.717, 1.165) is 5.56 Å². The number of amides is 1. The summed E-state index contributed by atoms with van der Waals surface area (Å²) >= 11 is 5.92. The third-order valence-corrected chi connectivity index (χ3v) is 5.13. The van der Waals surface area contributed by atoms with E-state index in [1.54, 1.807) is 60.5 Å². The minimum Gasteiger partial charge on any atom is -0.335 e. The highest BCUT2D eigenvalue weighted by molar-refractivity contribution is 7.90. The summed E-state index contributed by atoms with van der Waals surface area (Å²) in [5.74, 6) is -0.146. The summed E-state index contributed by atoms with van der Waals surface area (Å²) in [5, 5.41) is 0.509. The SMILES string of the molecule is CC(c1ccc(S(C)(=O)=O)cc1)N(C)C(=O)c1cccc(Cl)c1. The molecular weight excluding hydrogens is 334 g/mol. The highest BCUT2D eigenvalue weighted by Crippen LogP contribution is 2.23. The fraction of sp³-hybridized carbons (Fsp3) is 0.235. The minimum absolute atomic E-state index is 0.146. The van der Waals surface area contributed by atoms with E-state index in [-0.39, 0.29) is 16.8 Å². The largest absolute Gasteiger partial charge is 0.335 e. The summed E-state index contributed by atoms with van der Waals surface area (Å²) in [4.78, 5) is 14.4. The average molecular weight is 352 g/mol. The first-order valence-corrected chi connectivity index (χ1v) is 9.30. The number of carbonyl (C=O) groups is 1. The Morgan fingerprint density at radius 2 is 1.74 bits per heavy atom. The van der Waals surface area contributed by atoms with Crippen molar-refractivity contribution < 1.29 is 13.2 Å². The van der Waals surface area contributed by atoms with Crippen molar-refractivity contribution in [3.63, 3.8) is 0 Å². The lowest BCUT2D eigenvalue weighted by atomic mass is 10.1. The minimum atomic E-state index is -3.22. The van der Waals surface area contributed by atoms with E-state index in [1.807, 2.05) is 6.92 Å². The molecule has 0 aliphatic carbocycles. The lowest BCUT2D eigenvalue weighted by Gasteiger charge is -2.25. The monoisotopic (exact) mass is 351 g/mol. The van der Waals surface area contributed by atoms with E-state index in [0.29, 0.717) is 10.6 Å². The Kier molecular flexibility index (Phi) is 5.12. The van der Waals surface area contributed by atoms with Crippen LogP contribution in [0.5, 0.6) is 0 Å². The molecule has 23 heavy (non-hydrogen) atoms. The van der Waals surface area contributed by atoms with Gasteiger partial charge >= 0.3 is 0 Å². The van der Waals surface area contributed by atoms with Crippen molar-refractivity contribution in [2.45, 2.75) is 17.9 Å². The fourth-order valence-corrected chi connectivity index (χ4v) is 3.04. The Morgan fingerprint density at radius 3 is 2.26 bits per heavy atom. The van der Waals surface area contributed by atoms with Crippen LogP contribution in [0.4, 0.5) is 0 Å². The van der Waals surface area contributed by atoms with Gasteiger partial charge in [-0.25, -0.2) is 8.42 Å². The zero-order valence-corrected chi connectivity index (χ0v) is 14.7. The average Bonchev–Trinajstić information content (AvgIpc) is 2.52. The molecule has 0 aliphatic heterocycles. The second kappa shape index (κ2) is 6.72. The zero-order valence-electron chi connectivity index (χ0n) is 13.2. The summed E-state index contributed by atoms with van der Waals surface area (Å²) < 4.78 is 23.0. The first kappa shape index (κ1) is 17.5. The maximum absolute atomic E-state index is 12.5. The van der Waals surface area contributed by atoms with Crippen LogP contribution in [0.2, 0.25) is 5.02 Å². The Bertz CT molecular complexity index is 816. The van der Waals surface area contributed by atoms with Gasteiger partial charge in [-0.1, -0.05) is 29.8 Å². The molecular formula is C17H18ClNO3S. The second-order valence-electron chi connectivity index (χ2n) is 5.44. The molecule has 1 amide bonds. The van der Waals surface area contributed by atoms with E-state index in [1.165, 1.54) is 6.26 Å². The van der Waals surface area contributed by atoms with Crippen molar-refractivity contribution in [3.8, 4) is 0 Å². The molecule has 0 spiro atoms. The van der Waals surface area contributed by atoms with Gasteiger partial charge in [0.2, 0.25) is 0 Å². The van der Waals surface area contributed by atoms with Gasteiger partial charge < -0.3 is 4.90 Å². The number of rotatable bonds is 4. The number of carbonyl (C=O) groups excluding carboxylic acids is 1. The number of hydrogen-bond acceptors (Lipinski definition) is 3. The maximum Gasteiger partial charge on any atom is 0.254 e. The highest BCUT2D eigenvalue weighted by atomic mass is 35.5. The fourth-order valence-electron chi connectivity index (χ4n) is 2.22. The van der Waals surface area contributed by atoms with Crippen LogP contribution in [-0.2, 0) is 9.84 Å². The Morgan fingerprint density at radius 1 is 1.13 bits per heavy atom. The summed E-state index contributed by atoms with van der Waals surface area (Å²) in [6, 6.07) is 13.1. The van der Waals surface area contributed by atoms with Crippen molar-refractivity contribution in [2.75, 3.05) is 13.3 Å². The molecule has 0 N–H and O–H groups in total. The van der Waals surface area contributed by atoms with Crippen LogP contribution in [-0.4, -0.2) is 32.5 Å². The van der Waals surface area contributed by atoms with E-state index in [4.69, 9.17) is 11.6 Å². The maximum atomic E-state index is 12.5. The van der Waals surface area contributed by atoms with Crippen LogP contribution in [0.15, 0.2) is 53.4 Å². The Labute approximate surface area is 141 Å². The molecule has 1 unspecified atom stereocenters. The van der Waals surface area contributed by atoms with Crippen LogP contribution < -0.4 is 0 Å². The van der Waals surface area contributed by atoms with Crippen molar-refractivity contribution >= 4 is 27.3 Å². The Balaban J connectivity index is 2.22. The van der Waals surface area contributed by atoms with Crippen molar-refractivity contribution in [3.05, 3.63) is 64.7 Å². The molecule has 2 aromatic rings. The summed E-state index contributed by atoms with van der Waals surface area (Å²) in [7, 11) is -1.52. The molecule has 0 aromatic heterocycles. The van der Waals surface area contributed by atoms with Gasteiger partial charge in [-0.2, -0.15) is 0 Å². The van der Waals surface area contributed by atoms with Crippen molar-refractivity contribution in [1.82, 2.24) is 4.90 Å². The van der Waals surface area contributed by atoms with Crippen LogP contribution >= 0.6 is 11.6 Å². The number of nitrogens with zero attached hydrogens (tertiary/aromatic N) is 1. The van der Waals surface area contributed by atoms with Crippen molar-refractivity contribution in [1.29, 1.82) is 0 Å². The van der Waals surface area contributed by atoms with Crippen LogP contribution in [0, 0.1) is 0 Å². The third-order valence-electron chi connectivity index (χ3n) is 3.76. The van der Waals surface area contributed by atoms with Gasteiger partial charge in [0.25, 0.3) is 5.91 Å². The van der Waals surface area contributed by atoms with Gasteiger partial charge in [0.05, 0.1) is 10.9 Å². The summed E-state index contributed by atoms with van der Waals surface area (Å²) in [6.45, 7) is 1.89. The van der Waals surface area contributed by atoms with Gasteiger partial charge in [-0.05, 0) is 42.8 Å². The summed E-state index contributed by atoms with van der Waals surface area (Å²) in [5.41, 5.74) is 1.37. The van der Waals surface area contributed by atoms with Gasteiger partial charge in [0.15, 0.2) is 9.84 Å². The molecule has 4 nitrogen and oxygen atoms in total. The first-order chi connectivity index (χ1) is 10.7. The van der Waals surface area contributed by atoms with Crippen LogP contribution in [0.3, 0.4) is 0 Å². The molecule has 2 aromatic carbocycles. The highest BCUT2D eigenvalue weighted by Gasteiger charge is 2.19. The Hall–Kier alpha value is -1.85.